The smallest absolute Gasteiger partial charge is 0.260 e. The van der Waals surface area contributed by atoms with Gasteiger partial charge in [0.05, 0.1) is 18.2 Å². The average Bonchev–Trinajstić information content (AvgIpc) is 2.70. The lowest BCUT2D eigenvalue weighted by atomic mass is 10.1. The maximum atomic E-state index is 12.3. The van der Waals surface area contributed by atoms with Gasteiger partial charge in [0.15, 0.2) is 0 Å². The number of rotatable bonds is 10. The zero-order valence-corrected chi connectivity index (χ0v) is 17.4. The van der Waals surface area contributed by atoms with Crippen molar-refractivity contribution in [3.8, 4) is 5.75 Å². The number of ether oxygens (including phenoxy) is 1. The molecule has 154 valence electrons. The van der Waals surface area contributed by atoms with Crippen molar-refractivity contribution in [2.75, 3.05) is 23.7 Å². The third kappa shape index (κ3) is 6.76. The second-order valence-corrected chi connectivity index (χ2v) is 8.12. The second kappa shape index (κ2) is 10.4. The Labute approximate surface area is 171 Å². The molecule has 0 atom stereocenters. The van der Waals surface area contributed by atoms with E-state index in [1.165, 1.54) is 6.21 Å². The van der Waals surface area contributed by atoms with Crippen LogP contribution in [0, 0.1) is 0 Å². The monoisotopic (exact) mass is 415 g/mol. The number of nitrogens with one attached hydrogen (secondary N) is 1. The normalized spacial score (nSPS) is 11.2. The molecular formula is C21H25N3O4S. The van der Waals surface area contributed by atoms with Gasteiger partial charge in [0.1, 0.15) is 18.9 Å². The molecule has 7 nitrogen and oxygen atoms in total. The summed E-state index contributed by atoms with van der Waals surface area (Å²) in [6, 6.07) is 14.2. The molecule has 0 heterocycles. The lowest BCUT2D eigenvalue weighted by molar-refractivity contribution is -0.119. The number of hydrogen-bond donors (Lipinski definition) is 1. The van der Waals surface area contributed by atoms with Gasteiger partial charge in [-0.1, -0.05) is 37.8 Å². The Bertz CT molecular complexity index is 970. The Morgan fingerprint density at radius 3 is 2.52 bits per heavy atom. The lowest BCUT2D eigenvalue weighted by Gasteiger charge is -2.23. The number of nitrogens with zero attached hydrogens (tertiary/aromatic N) is 2. The molecule has 0 saturated heterocycles. The zero-order chi connectivity index (χ0) is 21.3. The number of amides is 1. The standard InChI is InChI=1S/C21H25N3O4S/c1-4-14-28-19-12-10-17(11-13-19)15-22-23-21(25)16-24(29(3,26)27)20-9-7-6-8-18(20)5-2/h4,6-13,15H,1,5,14,16H2,2-3H3,(H,23,25)/b22-15-. The van der Waals surface area contributed by atoms with E-state index in [-0.39, 0.29) is 6.54 Å². The molecule has 0 fully saturated rings. The lowest BCUT2D eigenvalue weighted by Crippen LogP contribution is -2.39. The molecule has 0 saturated carbocycles. The minimum Gasteiger partial charge on any atom is -0.490 e. The first-order chi connectivity index (χ1) is 13.8. The Balaban J connectivity index is 2.03. The van der Waals surface area contributed by atoms with Crippen LogP contribution in [-0.4, -0.2) is 39.9 Å². The highest BCUT2D eigenvalue weighted by atomic mass is 32.2. The van der Waals surface area contributed by atoms with Gasteiger partial charge < -0.3 is 4.74 Å². The van der Waals surface area contributed by atoms with Crippen molar-refractivity contribution < 1.29 is 17.9 Å². The first kappa shape index (κ1) is 22.2. The van der Waals surface area contributed by atoms with Crippen LogP contribution in [0.5, 0.6) is 5.75 Å². The average molecular weight is 416 g/mol. The van der Waals surface area contributed by atoms with Crippen LogP contribution in [0.3, 0.4) is 0 Å². The summed E-state index contributed by atoms with van der Waals surface area (Å²) in [6.45, 7) is 5.57. The van der Waals surface area contributed by atoms with Crippen molar-refractivity contribution >= 4 is 27.8 Å². The number of hydrazone groups is 1. The molecule has 0 aliphatic heterocycles. The molecule has 0 aromatic heterocycles. The maximum absolute atomic E-state index is 12.3. The summed E-state index contributed by atoms with van der Waals surface area (Å²) in [5, 5.41) is 3.90. The number of anilines is 1. The summed E-state index contributed by atoms with van der Waals surface area (Å²) in [4.78, 5) is 12.3. The minimum atomic E-state index is -3.64. The predicted octanol–water partition coefficient (Wildman–Crippen LogP) is 2.73. The molecule has 1 amide bonds. The van der Waals surface area contributed by atoms with Gasteiger partial charge in [0.2, 0.25) is 10.0 Å². The van der Waals surface area contributed by atoms with Crippen LogP contribution in [0.25, 0.3) is 0 Å². The number of aryl methyl sites for hydroxylation is 1. The van der Waals surface area contributed by atoms with Gasteiger partial charge in [-0.15, -0.1) is 0 Å². The summed E-state index contributed by atoms with van der Waals surface area (Å²) in [7, 11) is -3.64. The molecule has 2 rings (SSSR count). The van der Waals surface area contributed by atoms with Crippen LogP contribution < -0.4 is 14.5 Å². The molecule has 2 aromatic rings. The van der Waals surface area contributed by atoms with E-state index in [2.05, 4.69) is 17.1 Å². The Kier molecular flexibility index (Phi) is 7.97. The summed E-state index contributed by atoms with van der Waals surface area (Å²) < 4.78 is 30.9. The number of carbonyl (C=O) groups is 1. The zero-order valence-electron chi connectivity index (χ0n) is 16.5. The number of hydrogen-bond acceptors (Lipinski definition) is 5. The minimum absolute atomic E-state index is 0.360. The topological polar surface area (TPSA) is 88.1 Å². The molecule has 1 N–H and O–H groups in total. The van der Waals surface area contributed by atoms with E-state index in [4.69, 9.17) is 4.74 Å². The highest BCUT2D eigenvalue weighted by molar-refractivity contribution is 7.92. The molecular weight excluding hydrogens is 390 g/mol. The van der Waals surface area contributed by atoms with Crippen molar-refractivity contribution in [3.63, 3.8) is 0 Å². The third-order valence-corrected chi connectivity index (χ3v) is 5.11. The molecule has 0 bridgehead atoms. The van der Waals surface area contributed by atoms with E-state index in [1.54, 1.807) is 42.5 Å². The van der Waals surface area contributed by atoms with Crippen LogP contribution in [0.2, 0.25) is 0 Å². The molecule has 0 spiro atoms. The third-order valence-electron chi connectivity index (χ3n) is 3.98. The van der Waals surface area contributed by atoms with Crippen LogP contribution in [0.1, 0.15) is 18.1 Å². The van der Waals surface area contributed by atoms with E-state index in [9.17, 15) is 13.2 Å². The van der Waals surface area contributed by atoms with Crippen molar-refractivity contribution in [2.45, 2.75) is 13.3 Å². The Morgan fingerprint density at radius 2 is 1.90 bits per heavy atom. The Hall–Kier alpha value is -3.13. The largest absolute Gasteiger partial charge is 0.490 e. The molecule has 0 aliphatic rings. The van der Waals surface area contributed by atoms with Crippen molar-refractivity contribution in [1.82, 2.24) is 5.43 Å². The Morgan fingerprint density at radius 1 is 1.21 bits per heavy atom. The van der Waals surface area contributed by atoms with Crippen molar-refractivity contribution in [1.29, 1.82) is 0 Å². The predicted molar refractivity (Wildman–Crippen MR) is 116 cm³/mol. The van der Waals surface area contributed by atoms with Crippen molar-refractivity contribution in [2.24, 2.45) is 5.10 Å². The fourth-order valence-corrected chi connectivity index (χ4v) is 3.47. The van der Waals surface area contributed by atoms with Crippen molar-refractivity contribution in [3.05, 3.63) is 72.3 Å². The van der Waals surface area contributed by atoms with Gasteiger partial charge in [-0.2, -0.15) is 5.10 Å². The van der Waals surface area contributed by atoms with Crippen LogP contribution in [0.15, 0.2) is 66.3 Å². The molecule has 8 heteroatoms. The second-order valence-electron chi connectivity index (χ2n) is 6.21. The highest BCUT2D eigenvalue weighted by Crippen LogP contribution is 2.23. The summed E-state index contributed by atoms with van der Waals surface area (Å²) in [5.41, 5.74) is 4.46. The van der Waals surface area contributed by atoms with E-state index in [1.807, 2.05) is 19.1 Å². The van der Waals surface area contributed by atoms with Gasteiger partial charge in [-0.25, -0.2) is 13.8 Å². The van der Waals surface area contributed by atoms with E-state index in [0.717, 1.165) is 21.7 Å². The van der Waals surface area contributed by atoms with Gasteiger partial charge in [0, 0.05) is 0 Å². The quantitative estimate of drug-likeness (QED) is 0.367. The SMILES string of the molecule is C=CCOc1ccc(/C=N\NC(=O)CN(c2ccccc2CC)S(C)(=O)=O)cc1. The van der Waals surface area contributed by atoms with Crippen LogP contribution in [0.4, 0.5) is 5.69 Å². The molecule has 0 aliphatic carbocycles. The van der Waals surface area contributed by atoms with E-state index >= 15 is 0 Å². The molecule has 0 unspecified atom stereocenters. The summed E-state index contributed by atoms with van der Waals surface area (Å²) >= 11 is 0. The molecule has 29 heavy (non-hydrogen) atoms. The number of para-hydroxylation sites is 1. The molecule has 2 aromatic carbocycles. The number of benzene rings is 2. The molecule has 0 radical (unpaired) electrons. The van der Waals surface area contributed by atoms with Gasteiger partial charge in [0.25, 0.3) is 5.91 Å². The number of sulfonamides is 1. The first-order valence-corrected chi connectivity index (χ1v) is 10.9. The van der Waals surface area contributed by atoms with Gasteiger partial charge in [-0.3, -0.25) is 9.10 Å². The summed E-state index contributed by atoms with van der Waals surface area (Å²) in [6.07, 6.45) is 4.85. The maximum Gasteiger partial charge on any atom is 0.260 e. The fraction of sp³-hybridized carbons (Fsp3) is 0.238. The summed E-state index contributed by atoms with van der Waals surface area (Å²) in [5.74, 6) is 0.160. The van der Waals surface area contributed by atoms with Gasteiger partial charge >= 0.3 is 0 Å². The van der Waals surface area contributed by atoms with E-state index in [0.29, 0.717) is 24.5 Å². The number of carbonyl (C=O) groups excluding carboxylic acids is 1. The highest BCUT2D eigenvalue weighted by Gasteiger charge is 2.22. The first-order valence-electron chi connectivity index (χ1n) is 9.06. The van der Waals surface area contributed by atoms with E-state index < -0.39 is 15.9 Å². The fourth-order valence-electron chi connectivity index (χ4n) is 2.58. The van der Waals surface area contributed by atoms with Crippen LogP contribution >= 0.6 is 0 Å². The van der Waals surface area contributed by atoms with Crippen LogP contribution in [-0.2, 0) is 21.2 Å². The van der Waals surface area contributed by atoms with Gasteiger partial charge in [-0.05, 0) is 47.9 Å².